The average Bonchev–Trinajstić information content (AvgIpc) is 1.99. The van der Waals surface area contributed by atoms with Gasteiger partial charge in [-0.05, 0) is 26.0 Å². The molecule has 1 aromatic heterocycles. The minimum Gasteiger partial charge on any atom is -0.300 e. The van der Waals surface area contributed by atoms with Crippen molar-refractivity contribution in [3.8, 4) is 0 Å². The van der Waals surface area contributed by atoms with Crippen LogP contribution in [0.15, 0.2) is 17.0 Å². The minimum atomic E-state index is -3.75. The van der Waals surface area contributed by atoms with E-state index < -0.39 is 9.05 Å². The van der Waals surface area contributed by atoms with Crippen LogP contribution < -0.4 is 0 Å². The molecule has 1 heterocycles. The lowest BCUT2D eigenvalue weighted by atomic mass is 10.2. The molecule has 0 radical (unpaired) electrons. The van der Waals surface area contributed by atoms with Crippen LogP contribution in [0.3, 0.4) is 0 Å². The van der Waals surface area contributed by atoms with Gasteiger partial charge in [0.1, 0.15) is 10.7 Å². The highest BCUT2D eigenvalue weighted by molar-refractivity contribution is 8.13. The molecule has 0 spiro atoms. The van der Waals surface area contributed by atoms with Crippen molar-refractivity contribution in [3.63, 3.8) is 0 Å². The van der Waals surface area contributed by atoms with Crippen molar-refractivity contribution >= 4 is 25.5 Å². The molecule has 0 aliphatic heterocycles. The van der Waals surface area contributed by atoms with Crippen LogP contribution in [0.1, 0.15) is 18.3 Å². The molecule has 1 rings (SSSR count). The number of Topliss-reactive ketones (excluding diaryl/α,β-unsaturated/α-hetero) is 1. The molecule has 0 aliphatic rings. The summed E-state index contributed by atoms with van der Waals surface area (Å²) >= 11 is 0. The van der Waals surface area contributed by atoms with E-state index in [0.717, 1.165) is 0 Å². The number of hydrogen-bond acceptors (Lipinski definition) is 4. The first-order chi connectivity index (χ1) is 6.80. The van der Waals surface area contributed by atoms with Gasteiger partial charge in [0, 0.05) is 22.8 Å². The van der Waals surface area contributed by atoms with Crippen molar-refractivity contribution in [2.24, 2.45) is 0 Å². The number of rotatable bonds is 3. The second-order valence-corrected chi connectivity index (χ2v) is 5.74. The quantitative estimate of drug-likeness (QED) is 0.759. The lowest BCUT2D eigenvalue weighted by Crippen LogP contribution is -2.03. The highest BCUT2D eigenvalue weighted by atomic mass is 35.7. The molecule has 0 fully saturated rings. The lowest BCUT2D eigenvalue weighted by Gasteiger charge is -2.03. The van der Waals surface area contributed by atoms with Crippen LogP contribution in [-0.4, -0.2) is 19.2 Å². The molecule has 0 N–H and O–H groups in total. The Bertz CT molecular complexity index is 496. The number of carbonyl (C=O) groups excluding carboxylic acids is 1. The van der Waals surface area contributed by atoms with E-state index in [0.29, 0.717) is 11.4 Å². The summed E-state index contributed by atoms with van der Waals surface area (Å²) in [5.74, 6) is -0.0246. The van der Waals surface area contributed by atoms with E-state index in [-0.39, 0.29) is 17.1 Å². The predicted octanol–water partition coefficient (Wildman–Crippen LogP) is 1.45. The van der Waals surface area contributed by atoms with Crippen LogP contribution in [-0.2, 0) is 20.3 Å². The Hall–Kier alpha value is -0.940. The van der Waals surface area contributed by atoms with Gasteiger partial charge in [-0.25, -0.2) is 8.42 Å². The van der Waals surface area contributed by atoms with Gasteiger partial charge >= 0.3 is 0 Å². The standard InChI is InChI=1S/C9H10ClNO3S/c1-6(12)5-8-3-4-9(7(2)11-8)15(10,13)14/h3-4H,5H2,1-2H3. The fourth-order valence-corrected chi connectivity index (χ4v) is 2.33. The van der Waals surface area contributed by atoms with Crippen LogP contribution in [0, 0.1) is 6.92 Å². The predicted molar refractivity (Wildman–Crippen MR) is 56.4 cm³/mol. The van der Waals surface area contributed by atoms with Gasteiger partial charge in [0.2, 0.25) is 0 Å². The first kappa shape index (κ1) is 12.1. The topological polar surface area (TPSA) is 64.1 Å². The highest BCUT2D eigenvalue weighted by Gasteiger charge is 2.14. The number of carbonyl (C=O) groups is 1. The Labute approximate surface area is 92.7 Å². The summed E-state index contributed by atoms with van der Waals surface area (Å²) < 4.78 is 22.1. The summed E-state index contributed by atoms with van der Waals surface area (Å²) in [4.78, 5) is 14.8. The SMILES string of the molecule is CC(=O)Cc1ccc(S(=O)(=O)Cl)c(C)n1. The van der Waals surface area contributed by atoms with Crippen molar-refractivity contribution in [3.05, 3.63) is 23.5 Å². The van der Waals surface area contributed by atoms with E-state index in [1.54, 1.807) is 6.92 Å². The number of hydrogen-bond donors (Lipinski definition) is 0. The van der Waals surface area contributed by atoms with E-state index in [1.807, 2.05) is 0 Å². The zero-order chi connectivity index (χ0) is 11.6. The van der Waals surface area contributed by atoms with Gasteiger partial charge in [0.15, 0.2) is 0 Å². The zero-order valence-electron chi connectivity index (χ0n) is 8.32. The molecule has 15 heavy (non-hydrogen) atoms. The highest BCUT2D eigenvalue weighted by Crippen LogP contribution is 2.18. The molecule has 1 aromatic rings. The maximum atomic E-state index is 11.0. The number of halogens is 1. The molecule has 6 heteroatoms. The van der Waals surface area contributed by atoms with Crippen molar-refractivity contribution in [2.45, 2.75) is 25.2 Å². The Morgan fingerprint density at radius 1 is 1.47 bits per heavy atom. The molecule has 0 amide bonds. The number of ketones is 1. The third-order valence-electron chi connectivity index (χ3n) is 1.79. The van der Waals surface area contributed by atoms with E-state index in [2.05, 4.69) is 4.98 Å². The van der Waals surface area contributed by atoms with E-state index >= 15 is 0 Å². The molecular weight excluding hydrogens is 238 g/mol. The van der Waals surface area contributed by atoms with Gasteiger partial charge in [0.25, 0.3) is 9.05 Å². The van der Waals surface area contributed by atoms with E-state index in [1.165, 1.54) is 19.1 Å². The fraction of sp³-hybridized carbons (Fsp3) is 0.333. The first-order valence-corrected chi connectivity index (χ1v) is 6.52. The molecule has 4 nitrogen and oxygen atoms in total. The van der Waals surface area contributed by atoms with Crippen molar-refractivity contribution < 1.29 is 13.2 Å². The van der Waals surface area contributed by atoms with Gasteiger partial charge in [-0.1, -0.05) is 0 Å². The molecule has 0 aliphatic carbocycles. The van der Waals surface area contributed by atoms with Crippen LogP contribution in [0.2, 0.25) is 0 Å². The number of nitrogens with zero attached hydrogens (tertiary/aromatic N) is 1. The third kappa shape index (κ3) is 3.28. The average molecular weight is 248 g/mol. The Morgan fingerprint density at radius 2 is 2.07 bits per heavy atom. The van der Waals surface area contributed by atoms with Gasteiger partial charge in [0.05, 0.1) is 5.69 Å². The van der Waals surface area contributed by atoms with Gasteiger partial charge in [-0.3, -0.25) is 9.78 Å². The lowest BCUT2D eigenvalue weighted by molar-refractivity contribution is -0.116. The fourth-order valence-electron chi connectivity index (χ4n) is 1.21. The number of aryl methyl sites for hydroxylation is 1. The molecule has 0 saturated heterocycles. The van der Waals surface area contributed by atoms with E-state index in [4.69, 9.17) is 10.7 Å². The van der Waals surface area contributed by atoms with Gasteiger partial charge in [-0.2, -0.15) is 0 Å². The molecule has 0 atom stereocenters. The maximum absolute atomic E-state index is 11.0. The molecular formula is C9H10ClNO3S. The van der Waals surface area contributed by atoms with Crippen LogP contribution >= 0.6 is 10.7 Å². The van der Waals surface area contributed by atoms with Crippen LogP contribution in [0.5, 0.6) is 0 Å². The summed E-state index contributed by atoms with van der Waals surface area (Å²) in [6.45, 7) is 2.99. The van der Waals surface area contributed by atoms with Crippen LogP contribution in [0.4, 0.5) is 0 Å². The smallest absolute Gasteiger partial charge is 0.263 e. The normalized spacial score (nSPS) is 11.4. The minimum absolute atomic E-state index is 0.0172. The summed E-state index contributed by atoms with van der Waals surface area (Å²) in [5.41, 5.74) is 0.854. The van der Waals surface area contributed by atoms with Crippen molar-refractivity contribution in [2.75, 3.05) is 0 Å². The second-order valence-electron chi connectivity index (χ2n) is 3.20. The Morgan fingerprint density at radius 3 is 2.47 bits per heavy atom. The largest absolute Gasteiger partial charge is 0.300 e. The van der Waals surface area contributed by atoms with Gasteiger partial charge in [-0.15, -0.1) is 0 Å². The summed E-state index contributed by atoms with van der Waals surface area (Å²) in [6, 6.07) is 2.85. The van der Waals surface area contributed by atoms with Crippen molar-refractivity contribution in [1.82, 2.24) is 4.98 Å². The summed E-state index contributed by atoms with van der Waals surface area (Å²) in [5, 5.41) is 0. The number of pyridine rings is 1. The third-order valence-corrected chi connectivity index (χ3v) is 3.24. The number of aromatic nitrogens is 1. The molecule has 0 saturated carbocycles. The molecule has 82 valence electrons. The molecule has 0 bridgehead atoms. The van der Waals surface area contributed by atoms with E-state index in [9.17, 15) is 13.2 Å². The summed E-state index contributed by atoms with van der Waals surface area (Å²) in [6.07, 6.45) is 0.198. The monoisotopic (exact) mass is 247 g/mol. The molecule has 0 unspecified atom stereocenters. The van der Waals surface area contributed by atoms with Crippen LogP contribution in [0.25, 0.3) is 0 Å². The van der Waals surface area contributed by atoms with Crippen molar-refractivity contribution in [1.29, 1.82) is 0 Å². The Balaban J connectivity index is 3.15. The molecule has 0 aromatic carbocycles. The summed E-state index contributed by atoms with van der Waals surface area (Å²) in [7, 11) is 1.43. The second kappa shape index (κ2) is 4.28. The maximum Gasteiger partial charge on any atom is 0.263 e. The Kier molecular flexibility index (Phi) is 3.46. The van der Waals surface area contributed by atoms with Gasteiger partial charge < -0.3 is 0 Å². The first-order valence-electron chi connectivity index (χ1n) is 4.21. The zero-order valence-corrected chi connectivity index (χ0v) is 9.89.